The molecule has 130 valence electrons. The van der Waals surface area contributed by atoms with Gasteiger partial charge < -0.3 is 10.2 Å². The molecule has 1 atom stereocenters. The molecule has 0 saturated carbocycles. The van der Waals surface area contributed by atoms with Gasteiger partial charge in [0.25, 0.3) is 0 Å². The fraction of sp³-hybridized carbons (Fsp3) is 0.222. The number of hydrogen-bond acceptors (Lipinski definition) is 2. The van der Waals surface area contributed by atoms with E-state index in [-0.39, 0.29) is 31.3 Å². The van der Waals surface area contributed by atoms with Crippen molar-refractivity contribution >= 4 is 33.4 Å². The molecule has 1 unspecified atom stereocenters. The second-order valence-corrected chi connectivity index (χ2v) is 6.71. The van der Waals surface area contributed by atoms with E-state index in [9.17, 15) is 18.4 Å². The van der Waals surface area contributed by atoms with Crippen LogP contribution in [0.5, 0.6) is 0 Å². The van der Waals surface area contributed by atoms with Crippen molar-refractivity contribution < 1.29 is 18.4 Å². The summed E-state index contributed by atoms with van der Waals surface area (Å²) in [6.45, 7) is 0.276. The summed E-state index contributed by atoms with van der Waals surface area (Å²) in [5.41, 5.74) is 1.05. The van der Waals surface area contributed by atoms with Crippen molar-refractivity contribution in [2.45, 2.75) is 13.0 Å². The van der Waals surface area contributed by atoms with Gasteiger partial charge in [0.15, 0.2) is 0 Å². The number of benzene rings is 2. The Morgan fingerprint density at radius 3 is 2.56 bits per heavy atom. The van der Waals surface area contributed by atoms with E-state index in [0.29, 0.717) is 5.56 Å². The Labute approximate surface area is 152 Å². The van der Waals surface area contributed by atoms with E-state index in [0.717, 1.165) is 28.4 Å². The zero-order chi connectivity index (χ0) is 18.0. The number of carbonyl (C=O) groups excluding carboxylic acids is 2. The van der Waals surface area contributed by atoms with Crippen LogP contribution in [0.3, 0.4) is 0 Å². The number of carbonyl (C=O) groups is 2. The van der Waals surface area contributed by atoms with Crippen molar-refractivity contribution in [1.29, 1.82) is 0 Å². The maximum atomic E-state index is 13.2. The lowest BCUT2D eigenvalue weighted by atomic mass is 10.1. The number of nitrogens with zero attached hydrogens (tertiary/aromatic N) is 1. The number of para-hydroxylation sites is 1. The van der Waals surface area contributed by atoms with Crippen molar-refractivity contribution in [3.63, 3.8) is 0 Å². The van der Waals surface area contributed by atoms with Gasteiger partial charge in [-0.2, -0.15) is 0 Å². The first-order valence-electron chi connectivity index (χ1n) is 7.71. The molecule has 0 spiro atoms. The van der Waals surface area contributed by atoms with Gasteiger partial charge in [0, 0.05) is 30.0 Å². The molecule has 1 aliphatic rings. The first-order chi connectivity index (χ1) is 11.9. The Hall–Kier alpha value is -2.28. The predicted octanol–water partition coefficient (Wildman–Crippen LogP) is 3.40. The summed E-state index contributed by atoms with van der Waals surface area (Å²) in [6, 6.07) is 10.4. The van der Waals surface area contributed by atoms with Crippen LogP contribution < -0.4 is 10.2 Å². The third kappa shape index (κ3) is 4.04. The van der Waals surface area contributed by atoms with Gasteiger partial charge in [-0.25, -0.2) is 8.78 Å². The number of halogens is 3. The van der Waals surface area contributed by atoms with Crippen LogP contribution in [0.15, 0.2) is 46.9 Å². The molecule has 2 aromatic rings. The number of hydrogen-bond donors (Lipinski definition) is 1. The van der Waals surface area contributed by atoms with E-state index >= 15 is 0 Å². The molecular formula is C18H15BrF2N2O2. The first kappa shape index (κ1) is 17.5. The van der Waals surface area contributed by atoms with E-state index in [1.165, 1.54) is 0 Å². The van der Waals surface area contributed by atoms with Crippen LogP contribution in [0, 0.1) is 17.6 Å². The molecule has 0 aliphatic carbocycles. The highest BCUT2D eigenvalue weighted by molar-refractivity contribution is 9.10. The van der Waals surface area contributed by atoms with Crippen LogP contribution in [0.1, 0.15) is 12.0 Å². The van der Waals surface area contributed by atoms with Crippen LogP contribution in [0.25, 0.3) is 0 Å². The fourth-order valence-corrected chi connectivity index (χ4v) is 3.33. The Balaban J connectivity index is 1.64. The van der Waals surface area contributed by atoms with Gasteiger partial charge in [-0.1, -0.05) is 12.1 Å². The Morgan fingerprint density at radius 2 is 1.88 bits per heavy atom. The topological polar surface area (TPSA) is 49.4 Å². The molecule has 2 amide bonds. The normalized spacial score (nSPS) is 17.0. The molecule has 1 heterocycles. The van der Waals surface area contributed by atoms with E-state index < -0.39 is 17.6 Å². The molecule has 3 rings (SSSR count). The standard InChI is InChI=1S/C18H15BrF2N2O2/c19-15-3-1-2-4-16(15)23-10-12(7-17(23)24)18(25)22-9-11-5-13(20)8-14(21)6-11/h1-6,8,12H,7,9-10H2,(H,22,25). The highest BCUT2D eigenvalue weighted by Gasteiger charge is 2.35. The van der Waals surface area contributed by atoms with Crippen LogP contribution >= 0.6 is 15.9 Å². The molecule has 1 saturated heterocycles. The maximum absolute atomic E-state index is 13.2. The minimum atomic E-state index is -0.694. The smallest absolute Gasteiger partial charge is 0.227 e. The lowest BCUT2D eigenvalue weighted by molar-refractivity contribution is -0.126. The second-order valence-electron chi connectivity index (χ2n) is 5.85. The van der Waals surface area contributed by atoms with Gasteiger partial charge in [0.1, 0.15) is 11.6 Å². The fourth-order valence-electron chi connectivity index (χ4n) is 2.83. The predicted molar refractivity (Wildman–Crippen MR) is 92.8 cm³/mol. The number of nitrogens with one attached hydrogen (secondary N) is 1. The molecular weight excluding hydrogens is 394 g/mol. The van der Waals surface area contributed by atoms with Gasteiger partial charge in [0.2, 0.25) is 11.8 Å². The van der Waals surface area contributed by atoms with Gasteiger partial charge in [0.05, 0.1) is 11.6 Å². The number of anilines is 1. The zero-order valence-electron chi connectivity index (χ0n) is 13.1. The van der Waals surface area contributed by atoms with Crippen molar-refractivity contribution in [3.05, 3.63) is 64.1 Å². The molecule has 25 heavy (non-hydrogen) atoms. The summed E-state index contributed by atoms with van der Waals surface area (Å²) >= 11 is 3.40. The molecule has 7 heteroatoms. The second kappa shape index (κ2) is 7.31. The minimum Gasteiger partial charge on any atom is -0.352 e. The minimum absolute atomic E-state index is 0.00718. The molecule has 1 fully saturated rings. The Bertz CT molecular complexity index is 808. The lowest BCUT2D eigenvalue weighted by Gasteiger charge is -2.18. The van der Waals surface area contributed by atoms with E-state index in [1.807, 2.05) is 18.2 Å². The summed E-state index contributed by atoms with van der Waals surface area (Å²) in [5.74, 6) is -2.34. The van der Waals surface area contributed by atoms with Gasteiger partial charge in [-0.3, -0.25) is 9.59 Å². The van der Waals surface area contributed by atoms with Gasteiger partial charge >= 0.3 is 0 Å². The van der Waals surface area contributed by atoms with E-state index in [2.05, 4.69) is 21.2 Å². The Morgan fingerprint density at radius 1 is 1.20 bits per heavy atom. The quantitative estimate of drug-likeness (QED) is 0.842. The third-order valence-corrected chi connectivity index (χ3v) is 4.70. The van der Waals surface area contributed by atoms with Crippen molar-refractivity contribution in [1.82, 2.24) is 5.32 Å². The molecule has 1 N–H and O–H groups in total. The van der Waals surface area contributed by atoms with Gasteiger partial charge in [-0.05, 0) is 45.8 Å². The summed E-state index contributed by atoms with van der Waals surface area (Å²) in [6.07, 6.45) is 0.102. The molecule has 0 aromatic heterocycles. The summed E-state index contributed by atoms with van der Waals surface area (Å²) in [5, 5.41) is 2.64. The first-order valence-corrected chi connectivity index (χ1v) is 8.51. The molecule has 0 radical (unpaired) electrons. The maximum Gasteiger partial charge on any atom is 0.227 e. The highest BCUT2D eigenvalue weighted by atomic mass is 79.9. The molecule has 2 aromatic carbocycles. The van der Waals surface area contributed by atoms with E-state index in [4.69, 9.17) is 0 Å². The summed E-state index contributed by atoms with van der Waals surface area (Å²) in [7, 11) is 0. The van der Waals surface area contributed by atoms with Crippen molar-refractivity contribution in [2.24, 2.45) is 5.92 Å². The molecule has 4 nitrogen and oxygen atoms in total. The van der Waals surface area contributed by atoms with Crippen LogP contribution in [-0.2, 0) is 16.1 Å². The van der Waals surface area contributed by atoms with Crippen molar-refractivity contribution in [3.8, 4) is 0 Å². The summed E-state index contributed by atoms with van der Waals surface area (Å²) in [4.78, 5) is 26.1. The van der Waals surface area contributed by atoms with Crippen molar-refractivity contribution in [2.75, 3.05) is 11.4 Å². The summed E-state index contributed by atoms with van der Waals surface area (Å²) < 4.78 is 27.1. The number of amides is 2. The third-order valence-electron chi connectivity index (χ3n) is 4.03. The van der Waals surface area contributed by atoms with Crippen LogP contribution in [0.2, 0.25) is 0 Å². The van der Waals surface area contributed by atoms with Gasteiger partial charge in [-0.15, -0.1) is 0 Å². The Kier molecular flexibility index (Phi) is 5.13. The average Bonchev–Trinajstić information content (AvgIpc) is 2.94. The molecule has 1 aliphatic heterocycles. The van der Waals surface area contributed by atoms with E-state index in [1.54, 1.807) is 11.0 Å². The van der Waals surface area contributed by atoms with Crippen LogP contribution in [-0.4, -0.2) is 18.4 Å². The highest BCUT2D eigenvalue weighted by Crippen LogP contribution is 2.31. The van der Waals surface area contributed by atoms with Crippen LogP contribution in [0.4, 0.5) is 14.5 Å². The monoisotopic (exact) mass is 408 g/mol. The molecule has 0 bridgehead atoms. The average molecular weight is 409 g/mol. The largest absolute Gasteiger partial charge is 0.352 e. The lowest BCUT2D eigenvalue weighted by Crippen LogP contribution is -2.32. The zero-order valence-corrected chi connectivity index (χ0v) is 14.7. The number of rotatable bonds is 4. The SMILES string of the molecule is O=C(NCc1cc(F)cc(F)c1)C1CC(=O)N(c2ccccc2Br)C1.